The van der Waals surface area contributed by atoms with Crippen molar-refractivity contribution in [2.45, 2.75) is 6.54 Å². The fourth-order valence-electron chi connectivity index (χ4n) is 1.88. The van der Waals surface area contributed by atoms with E-state index in [0.29, 0.717) is 18.0 Å². The van der Waals surface area contributed by atoms with Gasteiger partial charge >= 0.3 is 0 Å². The highest BCUT2D eigenvalue weighted by Gasteiger charge is 2.07. The Morgan fingerprint density at radius 2 is 1.89 bits per heavy atom. The molecular formula is C13H13N5O. The Bertz CT molecular complexity index is 705. The van der Waals surface area contributed by atoms with Gasteiger partial charge in [-0.1, -0.05) is 0 Å². The molecule has 1 aromatic carbocycles. The van der Waals surface area contributed by atoms with Crippen LogP contribution in [0.25, 0.3) is 16.9 Å². The minimum absolute atomic E-state index is 0.306. The van der Waals surface area contributed by atoms with Crippen LogP contribution >= 0.6 is 0 Å². The number of nitrogens with two attached hydrogens (primary N) is 1. The van der Waals surface area contributed by atoms with Gasteiger partial charge in [0.25, 0.3) is 0 Å². The van der Waals surface area contributed by atoms with Crippen LogP contribution in [0.5, 0.6) is 5.75 Å². The van der Waals surface area contributed by atoms with Gasteiger partial charge in [-0.15, -0.1) is 10.2 Å². The van der Waals surface area contributed by atoms with E-state index >= 15 is 0 Å². The summed E-state index contributed by atoms with van der Waals surface area (Å²) >= 11 is 0. The summed E-state index contributed by atoms with van der Waals surface area (Å²) in [4.78, 5) is 0. The molecule has 0 radical (unpaired) electrons. The fraction of sp³-hybridized carbons (Fsp3) is 0.154. The first kappa shape index (κ1) is 11.6. The smallest absolute Gasteiger partial charge is 0.177 e. The highest BCUT2D eigenvalue weighted by atomic mass is 16.5. The first-order valence-electron chi connectivity index (χ1n) is 5.87. The third-order valence-electron chi connectivity index (χ3n) is 2.90. The number of methoxy groups -OCH3 is 1. The maximum atomic E-state index is 5.61. The summed E-state index contributed by atoms with van der Waals surface area (Å²) in [6.45, 7) is 0.306. The van der Waals surface area contributed by atoms with Crippen LogP contribution in [0.1, 0.15) is 5.82 Å². The van der Waals surface area contributed by atoms with Crippen molar-refractivity contribution < 1.29 is 4.74 Å². The van der Waals surface area contributed by atoms with Gasteiger partial charge in [0, 0.05) is 5.56 Å². The van der Waals surface area contributed by atoms with Crippen molar-refractivity contribution in [1.29, 1.82) is 0 Å². The van der Waals surface area contributed by atoms with Gasteiger partial charge < -0.3 is 10.5 Å². The first-order valence-corrected chi connectivity index (χ1v) is 5.87. The van der Waals surface area contributed by atoms with Crippen molar-refractivity contribution in [2.24, 2.45) is 5.73 Å². The molecule has 6 nitrogen and oxygen atoms in total. The van der Waals surface area contributed by atoms with Gasteiger partial charge in [0.15, 0.2) is 11.5 Å². The van der Waals surface area contributed by atoms with Crippen molar-refractivity contribution >= 4 is 5.65 Å². The van der Waals surface area contributed by atoms with Gasteiger partial charge in [-0.05, 0) is 36.4 Å². The third-order valence-corrected chi connectivity index (χ3v) is 2.90. The molecule has 0 bridgehead atoms. The summed E-state index contributed by atoms with van der Waals surface area (Å²) in [5, 5.41) is 12.5. The van der Waals surface area contributed by atoms with Crippen molar-refractivity contribution in [1.82, 2.24) is 19.8 Å². The van der Waals surface area contributed by atoms with E-state index in [-0.39, 0.29) is 0 Å². The van der Waals surface area contributed by atoms with E-state index < -0.39 is 0 Å². The normalized spacial score (nSPS) is 10.8. The molecule has 3 rings (SSSR count). The molecule has 0 unspecified atom stereocenters. The summed E-state index contributed by atoms with van der Waals surface area (Å²) in [6, 6.07) is 11.5. The largest absolute Gasteiger partial charge is 0.497 e. The Hall–Kier alpha value is -2.47. The molecule has 0 amide bonds. The molecule has 0 aliphatic carbocycles. The molecular weight excluding hydrogens is 242 g/mol. The lowest BCUT2D eigenvalue weighted by molar-refractivity contribution is 0.415. The average molecular weight is 255 g/mol. The zero-order valence-electron chi connectivity index (χ0n) is 10.4. The van der Waals surface area contributed by atoms with E-state index in [4.69, 9.17) is 10.5 Å². The molecule has 0 saturated carbocycles. The SMILES string of the molecule is COc1ccc(-c2ccc3nnc(CN)n3n2)cc1. The second-order valence-electron chi connectivity index (χ2n) is 4.04. The fourth-order valence-corrected chi connectivity index (χ4v) is 1.88. The second kappa shape index (κ2) is 4.66. The van der Waals surface area contributed by atoms with E-state index in [1.807, 2.05) is 36.4 Å². The zero-order chi connectivity index (χ0) is 13.2. The molecule has 0 aliphatic heterocycles. The molecule has 2 heterocycles. The molecule has 6 heteroatoms. The van der Waals surface area contributed by atoms with E-state index in [9.17, 15) is 0 Å². The number of benzene rings is 1. The third kappa shape index (κ3) is 2.02. The van der Waals surface area contributed by atoms with E-state index in [0.717, 1.165) is 17.0 Å². The number of fused-ring (bicyclic) bond motifs is 1. The molecule has 0 fully saturated rings. The minimum Gasteiger partial charge on any atom is -0.497 e. The summed E-state index contributed by atoms with van der Waals surface area (Å²) in [5.74, 6) is 1.46. The molecule has 0 atom stereocenters. The Labute approximate surface area is 109 Å². The predicted molar refractivity (Wildman–Crippen MR) is 70.7 cm³/mol. The van der Waals surface area contributed by atoms with Crippen LogP contribution in [0.3, 0.4) is 0 Å². The maximum Gasteiger partial charge on any atom is 0.177 e. The van der Waals surface area contributed by atoms with E-state index in [1.165, 1.54) is 0 Å². The van der Waals surface area contributed by atoms with E-state index in [1.54, 1.807) is 11.6 Å². The number of aromatic nitrogens is 4. The van der Waals surface area contributed by atoms with Crippen LogP contribution in [-0.4, -0.2) is 26.9 Å². The highest BCUT2D eigenvalue weighted by molar-refractivity contribution is 5.61. The molecule has 0 aliphatic rings. The average Bonchev–Trinajstić information content (AvgIpc) is 2.89. The molecule has 2 aromatic heterocycles. The topological polar surface area (TPSA) is 78.3 Å². The number of hydrogen-bond acceptors (Lipinski definition) is 5. The summed E-state index contributed by atoms with van der Waals surface area (Å²) in [5.41, 5.74) is 8.14. The lowest BCUT2D eigenvalue weighted by Crippen LogP contribution is -2.05. The number of nitrogens with zero attached hydrogens (tertiary/aromatic N) is 4. The quantitative estimate of drug-likeness (QED) is 0.762. The summed E-state index contributed by atoms with van der Waals surface area (Å²) in [7, 11) is 1.64. The molecule has 3 aromatic rings. The van der Waals surface area contributed by atoms with E-state index in [2.05, 4.69) is 15.3 Å². The van der Waals surface area contributed by atoms with Gasteiger partial charge in [-0.3, -0.25) is 0 Å². The lowest BCUT2D eigenvalue weighted by Gasteiger charge is -2.04. The van der Waals surface area contributed by atoms with Crippen LogP contribution in [0.15, 0.2) is 36.4 Å². The minimum atomic E-state index is 0.306. The zero-order valence-corrected chi connectivity index (χ0v) is 10.4. The van der Waals surface area contributed by atoms with Crippen molar-refractivity contribution in [3.63, 3.8) is 0 Å². The van der Waals surface area contributed by atoms with Crippen LogP contribution in [0, 0.1) is 0 Å². The Morgan fingerprint density at radius 1 is 1.11 bits per heavy atom. The lowest BCUT2D eigenvalue weighted by atomic mass is 10.1. The Kier molecular flexibility index (Phi) is 2.85. The van der Waals surface area contributed by atoms with Crippen molar-refractivity contribution in [3.8, 4) is 17.0 Å². The molecule has 0 spiro atoms. The van der Waals surface area contributed by atoms with Crippen LogP contribution in [0.4, 0.5) is 0 Å². The monoisotopic (exact) mass is 255 g/mol. The number of hydrogen-bond donors (Lipinski definition) is 1. The second-order valence-corrected chi connectivity index (χ2v) is 4.04. The molecule has 96 valence electrons. The van der Waals surface area contributed by atoms with Gasteiger partial charge in [0.2, 0.25) is 0 Å². The van der Waals surface area contributed by atoms with Crippen LogP contribution in [0.2, 0.25) is 0 Å². The van der Waals surface area contributed by atoms with Gasteiger partial charge in [0.1, 0.15) is 5.75 Å². The van der Waals surface area contributed by atoms with Crippen molar-refractivity contribution in [2.75, 3.05) is 7.11 Å². The van der Waals surface area contributed by atoms with Crippen LogP contribution in [-0.2, 0) is 6.54 Å². The van der Waals surface area contributed by atoms with Crippen molar-refractivity contribution in [3.05, 3.63) is 42.2 Å². The Morgan fingerprint density at radius 3 is 2.58 bits per heavy atom. The maximum absolute atomic E-state index is 5.61. The highest BCUT2D eigenvalue weighted by Crippen LogP contribution is 2.20. The van der Waals surface area contributed by atoms with Crippen LogP contribution < -0.4 is 10.5 Å². The summed E-state index contributed by atoms with van der Waals surface area (Å²) < 4.78 is 6.80. The van der Waals surface area contributed by atoms with Gasteiger partial charge in [-0.2, -0.15) is 9.61 Å². The first-order chi connectivity index (χ1) is 9.31. The predicted octanol–water partition coefficient (Wildman–Crippen LogP) is 1.26. The number of ether oxygens (including phenoxy) is 1. The molecule has 0 saturated heterocycles. The summed E-state index contributed by atoms with van der Waals surface area (Å²) in [6.07, 6.45) is 0. The van der Waals surface area contributed by atoms with Gasteiger partial charge in [-0.25, -0.2) is 0 Å². The standard InChI is InChI=1S/C13H13N5O/c1-19-10-4-2-9(3-5-10)11-6-7-12-15-16-13(8-14)18(12)17-11/h2-7H,8,14H2,1H3. The number of rotatable bonds is 3. The molecule has 19 heavy (non-hydrogen) atoms. The Balaban J connectivity index is 2.08. The molecule has 2 N–H and O–H groups in total. The van der Waals surface area contributed by atoms with Gasteiger partial charge in [0.05, 0.1) is 19.3 Å².